The monoisotopic (exact) mass is 377 g/mol. The highest BCUT2D eigenvalue weighted by atomic mass is 35.5. The summed E-state index contributed by atoms with van der Waals surface area (Å²) in [6.07, 6.45) is 3.12. The van der Waals surface area contributed by atoms with Gasteiger partial charge in [0.2, 0.25) is 0 Å². The van der Waals surface area contributed by atoms with Crippen molar-refractivity contribution >= 4 is 34.6 Å². The summed E-state index contributed by atoms with van der Waals surface area (Å²) >= 11 is 5.65. The molecule has 1 amide bonds. The van der Waals surface area contributed by atoms with Crippen LogP contribution in [0.25, 0.3) is 0 Å². The predicted octanol–water partition coefficient (Wildman–Crippen LogP) is 4.63. The molecule has 0 unspecified atom stereocenters. The summed E-state index contributed by atoms with van der Waals surface area (Å²) in [5.41, 5.74) is 0.893. The van der Waals surface area contributed by atoms with E-state index in [1.807, 2.05) is 4.90 Å². The van der Waals surface area contributed by atoms with Crippen LogP contribution in [-0.2, 0) is 0 Å². The van der Waals surface area contributed by atoms with Crippen molar-refractivity contribution in [3.63, 3.8) is 0 Å². The van der Waals surface area contributed by atoms with Gasteiger partial charge in [0.1, 0.15) is 5.82 Å². The van der Waals surface area contributed by atoms with E-state index in [0.717, 1.165) is 38.4 Å². The van der Waals surface area contributed by atoms with Crippen LogP contribution >= 0.6 is 11.6 Å². The minimum absolute atomic E-state index is 0.0487. The lowest BCUT2D eigenvalue weighted by Crippen LogP contribution is -2.31. The number of piperidine rings is 1. The molecule has 6 nitrogen and oxygen atoms in total. The maximum atomic E-state index is 13.6. The molecule has 1 N–H and O–H groups in total. The van der Waals surface area contributed by atoms with Crippen LogP contribution in [0.1, 0.15) is 29.6 Å². The topological polar surface area (TPSA) is 75.5 Å². The smallest absolute Gasteiger partial charge is 0.270 e. The van der Waals surface area contributed by atoms with Crippen molar-refractivity contribution in [2.75, 3.05) is 23.3 Å². The first kappa shape index (κ1) is 18.1. The summed E-state index contributed by atoms with van der Waals surface area (Å²) in [4.78, 5) is 25.3. The number of nitro groups is 1. The van der Waals surface area contributed by atoms with E-state index in [9.17, 15) is 19.3 Å². The molecule has 2 aromatic rings. The predicted molar refractivity (Wildman–Crippen MR) is 98.5 cm³/mol. The van der Waals surface area contributed by atoms with E-state index in [2.05, 4.69) is 5.32 Å². The Balaban J connectivity index is 1.94. The maximum Gasteiger partial charge on any atom is 0.270 e. The second-order valence-corrected chi connectivity index (χ2v) is 6.50. The number of hydrogen-bond donors (Lipinski definition) is 1. The molecule has 2 aromatic carbocycles. The highest BCUT2D eigenvalue weighted by Gasteiger charge is 2.22. The van der Waals surface area contributed by atoms with Gasteiger partial charge in [-0.15, -0.1) is 0 Å². The Bertz CT molecular complexity index is 854. The van der Waals surface area contributed by atoms with E-state index >= 15 is 0 Å². The van der Waals surface area contributed by atoms with Gasteiger partial charge in [0.25, 0.3) is 11.6 Å². The molecule has 0 bridgehead atoms. The largest absolute Gasteiger partial charge is 0.371 e. The molecule has 136 valence electrons. The number of rotatable bonds is 4. The fourth-order valence-electron chi connectivity index (χ4n) is 3.00. The Morgan fingerprint density at radius 2 is 1.88 bits per heavy atom. The third-order valence-corrected chi connectivity index (χ3v) is 4.62. The van der Waals surface area contributed by atoms with Crippen LogP contribution in [0, 0.1) is 15.9 Å². The summed E-state index contributed by atoms with van der Waals surface area (Å²) in [5.74, 6) is -1.18. The lowest BCUT2D eigenvalue weighted by Gasteiger charge is -2.30. The van der Waals surface area contributed by atoms with Crippen molar-refractivity contribution in [3.8, 4) is 0 Å². The SMILES string of the molecule is O=C(Nc1ccc(Cl)c(F)c1)c1cc([N+](=O)[O-])ccc1N1CCCCC1. The molecule has 0 saturated carbocycles. The van der Waals surface area contributed by atoms with Crippen molar-refractivity contribution in [1.29, 1.82) is 0 Å². The second-order valence-electron chi connectivity index (χ2n) is 6.09. The summed E-state index contributed by atoms with van der Waals surface area (Å²) in [7, 11) is 0. The molecule has 1 heterocycles. The van der Waals surface area contributed by atoms with Crippen LogP contribution in [-0.4, -0.2) is 23.9 Å². The highest BCUT2D eigenvalue weighted by molar-refractivity contribution is 6.30. The molecule has 0 radical (unpaired) electrons. The van der Waals surface area contributed by atoms with Crippen molar-refractivity contribution in [2.24, 2.45) is 0 Å². The molecule has 1 aliphatic rings. The Morgan fingerprint density at radius 1 is 1.15 bits per heavy atom. The minimum atomic E-state index is -0.653. The normalized spacial score (nSPS) is 14.2. The molecular formula is C18H17ClFN3O3. The van der Waals surface area contributed by atoms with Crippen LogP contribution in [0.2, 0.25) is 5.02 Å². The van der Waals surface area contributed by atoms with Crippen LogP contribution < -0.4 is 10.2 Å². The fraction of sp³-hybridized carbons (Fsp3) is 0.278. The van der Waals surface area contributed by atoms with E-state index in [0.29, 0.717) is 5.69 Å². The van der Waals surface area contributed by atoms with E-state index in [1.165, 1.54) is 24.3 Å². The Kier molecular flexibility index (Phi) is 5.37. The number of hydrogen-bond acceptors (Lipinski definition) is 4. The van der Waals surface area contributed by atoms with Gasteiger partial charge in [-0.3, -0.25) is 14.9 Å². The Hall–Kier alpha value is -2.67. The van der Waals surface area contributed by atoms with Crippen molar-refractivity contribution in [1.82, 2.24) is 0 Å². The molecule has 1 aliphatic heterocycles. The zero-order valence-electron chi connectivity index (χ0n) is 13.9. The Morgan fingerprint density at radius 3 is 2.54 bits per heavy atom. The van der Waals surface area contributed by atoms with Crippen molar-refractivity contribution in [3.05, 3.63) is 62.9 Å². The van der Waals surface area contributed by atoms with Gasteiger partial charge >= 0.3 is 0 Å². The van der Waals surface area contributed by atoms with Crippen molar-refractivity contribution < 1.29 is 14.1 Å². The number of non-ortho nitro benzene ring substituents is 1. The second kappa shape index (κ2) is 7.70. The number of nitrogens with one attached hydrogen (secondary N) is 1. The number of nitro benzene ring substituents is 1. The first-order chi connectivity index (χ1) is 12.5. The van der Waals surface area contributed by atoms with Gasteiger partial charge in [0.05, 0.1) is 21.2 Å². The number of carbonyl (C=O) groups excluding carboxylic acids is 1. The lowest BCUT2D eigenvalue weighted by atomic mass is 10.1. The number of carbonyl (C=O) groups is 1. The van der Waals surface area contributed by atoms with Crippen molar-refractivity contribution in [2.45, 2.75) is 19.3 Å². The molecular weight excluding hydrogens is 361 g/mol. The maximum absolute atomic E-state index is 13.6. The molecule has 0 spiro atoms. The van der Waals surface area contributed by atoms with Gasteiger partial charge < -0.3 is 10.2 Å². The fourth-order valence-corrected chi connectivity index (χ4v) is 3.12. The number of amides is 1. The lowest BCUT2D eigenvalue weighted by molar-refractivity contribution is -0.384. The van der Waals surface area contributed by atoms with E-state index < -0.39 is 16.6 Å². The zero-order chi connectivity index (χ0) is 18.7. The molecule has 26 heavy (non-hydrogen) atoms. The van der Waals surface area contributed by atoms with Crippen LogP contribution in [0.3, 0.4) is 0 Å². The molecule has 8 heteroatoms. The highest BCUT2D eigenvalue weighted by Crippen LogP contribution is 2.29. The van der Waals surface area contributed by atoms with E-state index in [4.69, 9.17) is 11.6 Å². The third-order valence-electron chi connectivity index (χ3n) is 4.31. The average molecular weight is 378 g/mol. The number of benzene rings is 2. The molecule has 0 aromatic heterocycles. The average Bonchev–Trinajstić information content (AvgIpc) is 2.65. The van der Waals surface area contributed by atoms with Crippen LogP contribution in [0.4, 0.5) is 21.5 Å². The summed E-state index contributed by atoms with van der Waals surface area (Å²) in [5, 5.41) is 13.6. The van der Waals surface area contributed by atoms with E-state index in [1.54, 1.807) is 6.07 Å². The summed E-state index contributed by atoms with van der Waals surface area (Å²) in [6, 6.07) is 8.17. The summed E-state index contributed by atoms with van der Waals surface area (Å²) < 4.78 is 13.6. The Labute approximate surface area is 154 Å². The number of anilines is 2. The van der Waals surface area contributed by atoms with Gasteiger partial charge in [-0.25, -0.2) is 4.39 Å². The third kappa shape index (κ3) is 3.94. The quantitative estimate of drug-likeness (QED) is 0.622. The number of halogens is 2. The minimum Gasteiger partial charge on any atom is -0.371 e. The first-order valence-electron chi connectivity index (χ1n) is 8.25. The standard InChI is InChI=1S/C18H17ClFN3O3/c19-15-6-4-12(10-16(15)20)21-18(24)14-11-13(23(25)26)5-7-17(14)22-8-2-1-3-9-22/h4-7,10-11H,1-3,8-9H2,(H,21,24). The van der Waals surface area contributed by atoms with Crippen LogP contribution in [0.15, 0.2) is 36.4 Å². The van der Waals surface area contributed by atoms with Gasteiger partial charge in [-0.05, 0) is 43.5 Å². The molecule has 0 atom stereocenters. The molecule has 0 aliphatic carbocycles. The zero-order valence-corrected chi connectivity index (χ0v) is 14.6. The van der Waals surface area contributed by atoms with E-state index in [-0.39, 0.29) is 22.0 Å². The van der Waals surface area contributed by atoms with Gasteiger partial charge in [-0.1, -0.05) is 11.6 Å². The summed E-state index contributed by atoms with van der Waals surface area (Å²) in [6.45, 7) is 1.57. The van der Waals surface area contributed by atoms with Crippen LogP contribution in [0.5, 0.6) is 0 Å². The molecule has 3 rings (SSSR count). The number of nitrogens with zero attached hydrogens (tertiary/aromatic N) is 2. The molecule has 1 saturated heterocycles. The van der Waals surface area contributed by atoms with Gasteiger partial charge in [0.15, 0.2) is 0 Å². The van der Waals surface area contributed by atoms with Gasteiger partial charge in [-0.2, -0.15) is 0 Å². The van der Waals surface area contributed by atoms with Gasteiger partial charge in [0, 0.05) is 30.9 Å². The first-order valence-corrected chi connectivity index (χ1v) is 8.63. The molecule has 1 fully saturated rings.